The smallest absolute Gasteiger partial charge is 0.233 e. The predicted molar refractivity (Wildman–Crippen MR) is 74.3 cm³/mol. The van der Waals surface area contributed by atoms with Gasteiger partial charge < -0.3 is 14.4 Å². The molecule has 0 radical (unpaired) electrons. The molecule has 1 amide bonds. The van der Waals surface area contributed by atoms with Crippen molar-refractivity contribution < 1.29 is 14.3 Å². The van der Waals surface area contributed by atoms with Crippen LogP contribution in [0.1, 0.15) is 24.8 Å². The molecular weight excluding hydrogens is 262 g/mol. The summed E-state index contributed by atoms with van der Waals surface area (Å²) in [7, 11) is 0. The highest BCUT2D eigenvalue weighted by molar-refractivity contribution is 8.00. The molecule has 1 aromatic carbocycles. The number of fused-ring (bicyclic) bond motifs is 1. The van der Waals surface area contributed by atoms with Gasteiger partial charge in [-0.05, 0) is 12.0 Å². The van der Waals surface area contributed by atoms with E-state index in [2.05, 4.69) is 13.8 Å². The first-order chi connectivity index (χ1) is 9.16. The number of carbonyl (C=O) groups excluding carboxylic acids is 1. The normalized spacial score (nSPS) is 21.5. The standard InChI is InChI=1S/C14H17NO3S/c1-9(2)6-15-12(16)7-19-14(15)10-4-3-5-11-13(10)18-8-17-11/h3-5,9,14H,6-8H2,1-2H3. The molecule has 4 nitrogen and oxygen atoms in total. The van der Waals surface area contributed by atoms with Crippen LogP contribution in [0.2, 0.25) is 0 Å². The van der Waals surface area contributed by atoms with Gasteiger partial charge in [-0.3, -0.25) is 4.79 Å². The van der Waals surface area contributed by atoms with Crippen molar-refractivity contribution in [3.8, 4) is 11.5 Å². The van der Waals surface area contributed by atoms with Gasteiger partial charge in [0.15, 0.2) is 11.5 Å². The Labute approximate surface area is 117 Å². The molecule has 1 fully saturated rings. The first-order valence-electron chi connectivity index (χ1n) is 6.46. The van der Waals surface area contributed by atoms with Crippen molar-refractivity contribution in [3.05, 3.63) is 23.8 Å². The van der Waals surface area contributed by atoms with Gasteiger partial charge >= 0.3 is 0 Å². The van der Waals surface area contributed by atoms with Gasteiger partial charge in [-0.2, -0.15) is 0 Å². The van der Waals surface area contributed by atoms with Crippen molar-refractivity contribution in [2.75, 3.05) is 19.1 Å². The maximum atomic E-state index is 12.0. The molecule has 0 aliphatic carbocycles. The van der Waals surface area contributed by atoms with Gasteiger partial charge in [-0.15, -0.1) is 11.8 Å². The van der Waals surface area contributed by atoms with E-state index in [1.165, 1.54) is 0 Å². The lowest BCUT2D eigenvalue weighted by atomic mass is 10.1. The molecule has 0 aromatic heterocycles. The Morgan fingerprint density at radius 2 is 2.26 bits per heavy atom. The summed E-state index contributed by atoms with van der Waals surface area (Å²) in [5.41, 5.74) is 1.05. The lowest BCUT2D eigenvalue weighted by Gasteiger charge is -2.26. The molecule has 1 atom stereocenters. The predicted octanol–water partition coefficient (Wildman–Crippen LogP) is 2.65. The van der Waals surface area contributed by atoms with Crippen LogP contribution in [0.25, 0.3) is 0 Å². The molecule has 0 saturated carbocycles. The first-order valence-corrected chi connectivity index (χ1v) is 7.51. The highest BCUT2D eigenvalue weighted by Gasteiger charge is 2.36. The second-order valence-corrected chi connectivity index (χ2v) is 6.25. The Bertz CT molecular complexity index is 503. The van der Waals surface area contributed by atoms with Crippen LogP contribution in [0, 0.1) is 5.92 Å². The van der Waals surface area contributed by atoms with Crippen LogP contribution in [-0.2, 0) is 4.79 Å². The van der Waals surface area contributed by atoms with Crippen molar-refractivity contribution in [1.82, 2.24) is 4.90 Å². The third-order valence-corrected chi connectivity index (χ3v) is 4.46. The van der Waals surface area contributed by atoms with Crippen molar-refractivity contribution in [3.63, 3.8) is 0 Å². The maximum Gasteiger partial charge on any atom is 0.233 e. The molecule has 2 heterocycles. The molecule has 1 unspecified atom stereocenters. The van der Waals surface area contributed by atoms with Gasteiger partial charge in [0, 0.05) is 12.1 Å². The number of thioether (sulfide) groups is 1. The van der Waals surface area contributed by atoms with Gasteiger partial charge in [0.2, 0.25) is 12.7 Å². The number of para-hydroxylation sites is 1. The second-order valence-electron chi connectivity index (χ2n) is 5.18. The lowest BCUT2D eigenvalue weighted by Crippen LogP contribution is -2.31. The largest absolute Gasteiger partial charge is 0.454 e. The fraction of sp³-hybridized carbons (Fsp3) is 0.500. The van der Waals surface area contributed by atoms with Crippen LogP contribution in [-0.4, -0.2) is 29.9 Å². The summed E-state index contributed by atoms with van der Waals surface area (Å²) >= 11 is 1.66. The van der Waals surface area contributed by atoms with Gasteiger partial charge in [0.25, 0.3) is 0 Å². The molecule has 102 valence electrons. The SMILES string of the molecule is CC(C)CN1C(=O)CSC1c1cccc2c1OCO2. The van der Waals surface area contributed by atoms with E-state index in [0.29, 0.717) is 11.7 Å². The monoisotopic (exact) mass is 279 g/mol. The van der Waals surface area contributed by atoms with Crippen LogP contribution < -0.4 is 9.47 Å². The molecule has 0 N–H and O–H groups in total. The Hall–Kier alpha value is -1.36. The van der Waals surface area contributed by atoms with E-state index in [1.54, 1.807) is 11.8 Å². The number of ether oxygens (including phenoxy) is 2. The van der Waals surface area contributed by atoms with E-state index in [-0.39, 0.29) is 18.1 Å². The minimum absolute atomic E-state index is 0.0477. The van der Waals surface area contributed by atoms with E-state index in [4.69, 9.17) is 9.47 Å². The Kier molecular flexibility index (Phi) is 3.31. The summed E-state index contributed by atoms with van der Waals surface area (Å²) in [6.07, 6.45) is 0. The van der Waals surface area contributed by atoms with Crippen LogP contribution in [0.3, 0.4) is 0 Å². The second kappa shape index (κ2) is 4.96. The molecular formula is C14H17NO3S. The number of carbonyl (C=O) groups is 1. The summed E-state index contributed by atoms with van der Waals surface area (Å²) in [5.74, 6) is 2.78. The van der Waals surface area contributed by atoms with Crippen LogP contribution >= 0.6 is 11.8 Å². The van der Waals surface area contributed by atoms with Gasteiger partial charge in [0.05, 0.1) is 5.75 Å². The number of rotatable bonds is 3. The van der Waals surface area contributed by atoms with E-state index in [9.17, 15) is 4.79 Å². The Balaban J connectivity index is 1.93. The third kappa shape index (κ3) is 2.27. The molecule has 1 aromatic rings. The zero-order chi connectivity index (χ0) is 13.4. The number of amides is 1. The molecule has 0 bridgehead atoms. The molecule has 0 spiro atoms. The van der Waals surface area contributed by atoms with Crippen molar-refractivity contribution >= 4 is 17.7 Å². The topological polar surface area (TPSA) is 38.8 Å². The third-order valence-electron chi connectivity index (χ3n) is 3.22. The number of hydrogen-bond acceptors (Lipinski definition) is 4. The number of hydrogen-bond donors (Lipinski definition) is 0. The summed E-state index contributed by atoms with van der Waals surface area (Å²) in [4.78, 5) is 14.0. The average Bonchev–Trinajstić information content (AvgIpc) is 2.97. The molecule has 3 rings (SSSR count). The van der Waals surface area contributed by atoms with Crippen molar-refractivity contribution in [1.29, 1.82) is 0 Å². The molecule has 2 aliphatic heterocycles. The summed E-state index contributed by atoms with van der Waals surface area (Å²) in [6, 6.07) is 5.89. The molecule has 2 aliphatic rings. The Morgan fingerprint density at radius 3 is 3.05 bits per heavy atom. The highest BCUT2D eigenvalue weighted by atomic mass is 32.2. The number of benzene rings is 1. The lowest BCUT2D eigenvalue weighted by molar-refractivity contribution is -0.128. The fourth-order valence-corrected chi connectivity index (χ4v) is 3.66. The average molecular weight is 279 g/mol. The maximum absolute atomic E-state index is 12.0. The van der Waals surface area contributed by atoms with E-state index < -0.39 is 0 Å². The summed E-state index contributed by atoms with van der Waals surface area (Å²) in [6.45, 7) is 5.30. The quantitative estimate of drug-likeness (QED) is 0.852. The molecule has 19 heavy (non-hydrogen) atoms. The van der Waals surface area contributed by atoms with Crippen LogP contribution in [0.15, 0.2) is 18.2 Å². The minimum atomic E-state index is 0.0477. The summed E-state index contributed by atoms with van der Waals surface area (Å²) < 4.78 is 11.0. The zero-order valence-corrected chi connectivity index (χ0v) is 11.9. The van der Waals surface area contributed by atoms with Crippen molar-refractivity contribution in [2.45, 2.75) is 19.2 Å². The van der Waals surface area contributed by atoms with E-state index in [1.807, 2.05) is 23.1 Å². The first kappa shape index (κ1) is 12.7. The van der Waals surface area contributed by atoms with E-state index in [0.717, 1.165) is 23.6 Å². The molecule has 1 saturated heterocycles. The number of nitrogens with zero attached hydrogens (tertiary/aromatic N) is 1. The van der Waals surface area contributed by atoms with E-state index >= 15 is 0 Å². The summed E-state index contributed by atoms with van der Waals surface area (Å²) in [5, 5.41) is 0.0477. The van der Waals surface area contributed by atoms with Crippen molar-refractivity contribution in [2.24, 2.45) is 5.92 Å². The fourth-order valence-electron chi connectivity index (χ4n) is 2.45. The van der Waals surface area contributed by atoms with Gasteiger partial charge in [-0.1, -0.05) is 26.0 Å². The van der Waals surface area contributed by atoms with Crippen LogP contribution in [0.5, 0.6) is 11.5 Å². The van der Waals surface area contributed by atoms with Crippen LogP contribution in [0.4, 0.5) is 0 Å². The minimum Gasteiger partial charge on any atom is -0.454 e. The highest BCUT2D eigenvalue weighted by Crippen LogP contribution is 2.47. The molecule has 5 heteroatoms. The van der Waals surface area contributed by atoms with Gasteiger partial charge in [-0.25, -0.2) is 0 Å². The zero-order valence-electron chi connectivity index (χ0n) is 11.1. The Morgan fingerprint density at radius 1 is 1.42 bits per heavy atom. The van der Waals surface area contributed by atoms with Gasteiger partial charge in [0.1, 0.15) is 5.37 Å².